The average molecular weight is 389 g/mol. The first-order valence-corrected chi connectivity index (χ1v) is 11.5. The monoisotopic (exact) mass is 388 g/mol. The second-order valence-corrected chi connectivity index (χ2v) is 9.14. The molecule has 27 heavy (non-hydrogen) atoms. The molecule has 4 saturated heterocycles. The minimum absolute atomic E-state index is 0.119. The van der Waals surface area contributed by atoms with Crippen LogP contribution >= 0.6 is 11.8 Å². The topological polar surface area (TPSA) is 38.8 Å². The maximum absolute atomic E-state index is 12.4. The third-order valence-electron chi connectivity index (χ3n) is 6.30. The van der Waals surface area contributed by atoms with Crippen LogP contribution in [-0.2, 0) is 0 Å². The number of thioether (sulfide) groups is 1. The Bertz CT molecular complexity index is 597. The highest BCUT2D eigenvalue weighted by Crippen LogP contribution is 2.31. The summed E-state index contributed by atoms with van der Waals surface area (Å²) in [5.41, 5.74) is 0. The van der Waals surface area contributed by atoms with Gasteiger partial charge in [-0.15, -0.1) is 11.8 Å². The van der Waals surface area contributed by atoms with E-state index in [1.54, 1.807) is 0 Å². The number of carbonyl (C=O) groups excluding carboxylic acids is 1. The van der Waals surface area contributed by atoms with E-state index in [2.05, 4.69) is 39.4 Å². The molecule has 0 spiro atoms. The Morgan fingerprint density at radius 1 is 1.04 bits per heavy atom. The number of piperazine rings is 1. The zero-order chi connectivity index (χ0) is 18.5. The second kappa shape index (κ2) is 9.30. The number of hydrogen-bond acceptors (Lipinski definition) is 4. The molecule has 1 aromatic rings. The summed E-state index contributed by atoms with van der Waals surface area (Å²) in [6, 6.07) is 11.3. The van der Waals surface area contributed by atoms with Gasteiger partial charge in [-0.2, -0.15) is 0 Å². The average Bonchev–Trinajstić information content (AvgIpc) is 2.75. The van der Waals surface area contributed by atoms with Crippen LogP contribution in [-0.4, -0.2) is 84.9 Å². The van der Waals surface area contributed by atoms with Crippen LogP contribution in [0.2, 0.25) is 0 Å². The Morgan fingerprint density at radius 3 is 2.44 bits per heavy atom. The van der Waals surface area contributed by atoms with Crippen molar-refractivity contribution in [3.05, 3.63) is 30.3 Å². The first-order valence-electron chi connectivity index (χ1n) is 10.5. The SMILES string of the molecule is O=C(NCCCSc1ccccc1)N1CCN([C@@H]2CN3CCC2CC3)CC1. The molecule has 2 amide bonds. The zero-order valence-corrected chi connectivity index (χ0v) is 17.0. The fraction of sp³-hybridized carbons (Fsp3) is 0.667. The van der Waals surface area contributed by atoms with Crippen LogP contribution in [0.15, 0.2) is 35.2 Å². The van der Waals surface area contributed by atoms with Crippen molar-refractivity contribution in [2.75, 3.05) is 58.1 Å². The Hall–Kier alpha value is -1.24. The van der Waals surface area contributed by atoms with Gasteiger partial charge >= 0.3 is 6.03 Å². The highest BCUT2D eigenvalue weighted by molar-refractivity contribution is 7.99. The van der Waals surface area contributed by atoms with Crippen molar-refractivity contribution < 1.29 is 4.79 Å². The lowest BCUT2D eigenvalue weighted by Gasteiger charge is -2.50. The van der Waals surface area contributed by atoms with Crippen LogP contribution < -0.4 is 5.32 Å². The van der Waals surface area contributed by atoms with Crippen molar-refractivity contribution in [1.82, 2.24) is 20.0 Å². The molecule has 1 atom stereocenters. The molecule has 1 aromatic carbocycles. The Labute approximate surface area is 167 Å². The van der Waals surface area contributed by atoms with Crippen molar-refractivity contribution in [2.45, 2.75) is 30.2 Å². The van der Waals surface area contributed by atoms with Crippen molar-refractivity contribution in [1.29, 1.82) is 0 Å². The molecule has 4 aliphatic rings. The highest BCUT2D eigenvalue weighted by atomic mass is 32.2. The normalized spacial score (nSPS) is 28.3. The lowest BCUT2D eigenvalue weighted by molar-refractivity contribution is -0.0103. The summed E-state index contributed by atoms with van der Waals surface area (Å²) in [6.07, 6.45) is 3.74. The molecule has 2 bridgehead atoms. The van der Waals surface area contributed by atoms with E-state index in [-0.39, 0.29) is 6.03 Å². The summed E-state index contributed by atoms with van der Waals surface area (Å²) >= 11 is 1.85. The van der Waals surface area contributed by atoms with Crippen molar-refractivity contribution in [3.8, 4) is 0 Å². The number of rotatable bonds is 6. The molecule has 0 unspecified atom stereocenters. The molecule has 5 rings (SSSR count). The number of piperidine rings is 3. The van der Waals surface area contributed by atoms with Gasteiger partial charge in [0.25, 0.3) is 0 Å². The van der Waals surface area contributed by atoms with Crippen molar-refractivity contribution >= 4 is 17.8 Å². The number of amides is 2. The van der Waals surface area contributed by atoms with Gasteiger partial charge in [0.2, 0.25) is 0 Å². The number of benzene rings is 1. The Balaban J connectivity index is 1.12. The smallest absolute Gasteiger partial charge is 0.317 e. The molecule has 4 aliphatic heterocycles. The molecule has 0 saturated carbocycles. The molecule has 148 valence electrons. The number of nitrogens with zero attached hydrogens (tertiary/aromatic N) is 3. The summed E-state index contributed by atoms with van der Waals surface area (Å²) in [4.78, 5) is 21.0. The van der Waals surface area contributed by atoms with E-state index >= 15 is 0 Å². The summed E-state index contributed by atoms with van der Waals surface area (Å²) in [7, 11) is 0. The standard InChI is InChI=1S/C21H32N4OS/c26-21(22-9-4-16-27-19-5-2-1-3-6-19)25-14-12-24(13-15-25)20-17-23-10-7-18(20)8-11-23/h1-3,5-6,18,20H,4,7-17H2,(H,22,26)/t20-/m1/s1. The number of nitrogens with one attached hydrogen (secondary N) is 1. The molecule has 4 fully saturated rings. The maximum atomic E-state index is 12.4. The van der Waals surface area contributed by atoms with Crippen molar-refractivity contribution in [2.24, 2.45) is 5.92 Å². The lowest BCUT2D eigenvalue weighted by atomic mass is 9.83. The molecular weight excluding hydrogens is 356 g/mol. The van der Waals surface area contributed by atoms with Gasteiger partial charge in [-0.25, -0.2) is 4.79 Å². The fourth-order valence-corrected chi connectivity index (χ4v) is 5.56. The highest BCUT2D eigenvalue weighted by Gasteiger charge is 2.38. The van der Waals surface area contributed by atoms with Gasteiger partial charge in [0, 0.05) is 50.2 Å². The summed E-state index contributed by atoms with van der Waals surface area (Å²) in [5, 5.41) is 3.11. The summed E-state index contributed by atoms with van der Waals surface area (Å²) in [6.45, 7) is 8.41. The first-order chi connectivity index (χ1) is 13.3. The molecule has 1 N–H and O–H groups in total. The fourth-order valence-electron chi connectivity index (χ4n) is 4.69. The second-order valence-electron chi connectivity index (χ2n) is 7.98. The van der Waals surface area contributed by atoms with Gasteiger partial charge in [-0.05, 0) is 56.2 Å². The lowest BCUT2D eigenvalue weighted by Crippen LogP contribution is -2.62. The van der Waals surface area contributed by atoms with Crippen molar-refractivity contribution in [3.63, 3.8) is 0 Å². The van der Waals surface area contributed by atoms with Crippen LogP contribution in [0.4, 0.5) is 4.79 Å². The predicted octanol–water partition coefficient (Wildman–Crippen LogP) is 2.59. The molecule has 6 heteroatoms. The number of carbonyl (C=O) groups is 1. The van der Waals surface area contributed by atoms with Crippen LogP contribution in [0.3, 0.4) is 0 Å². The quantitative estimate of drug-likeness (QED) is 0.601. The van der Waals surface area contributed by atoms with Gasteiger partial charge in [0.05, 0.1) is 0 Å². The molecule has 0 radical (unpaired) electrons. The van der Waals surface area contributed by atoms with E-state index in [9.17, 15) is 4.79 Å². The minimum atomic E-state index is 0.119. The molecule has 5 nitrogen and oxygen atoms in total. The Morgan fingerprint density at radius 2 is 1.78 bits per heavy atom. The third-order valence-corrected chi connectivity index (χ3v) is 7.40. The molecule has 0 aliphatic carbocycles. The zero-order valence-electron chi connectivity index (χ0n) is 16.2. The van der Waals surface area contributed by atoms with Crippen LogP contribution in [0, 0.1) is 5.92 Å². The Kier molecular flexibility index (Phi) is 6.58. The van der Waals surface area contributed by atoms with Crippen LogP contribution in [0.5, 0.6) is 0 Å². The summed E-state index contributed by atoms with van der Waals surface area (Å²) < 4.78 is 0. The predicted molar refractivity (Wildman–Crippen MR) is 111 cm³/mol. The first kappa shape index (κ1) is 19.1. The largest absolute Gasteiger partial charge is 0.338 e. The van der Waals surface area contributed by atoms with Crippen LogP contribution in [0.25, 0.3) is 0 Å². The minimum Gasteiger partial charge on any atom is -0.338 e. The third kappa shape index (κ3) is 4.98. The maximum Gasteiger partial charge on any atom is 0.317 e. The van der Waals surface area contributed by atoms with E-state index in [1.807, 2.05) is 22.7 Å². The van der Waals surface area contributed by atoms with E-state index in [4.69, 9.17) is 0 Å². The number of hydrogen-bond donors (Lipinski definition) is 1. The van der Waals surface area contributed by atoms with E-state index in [0.29, 0.717) is 0 Å². The van der Waals surface area contributed by atoms with Gasteiger partial charge in [-0.3, -0.25) is 4.90 Å². The van der Waals surface area contributed by atoms with Gasteiger partial charge in [-0.1, -0.05) is 18.2 Å². The number of fused-ring (bicyclic) bond motifs is 3. The number of urea groups is 1. The molecular formula is C21H32N4OS. The van der Waals surface area contributed by atoms with Gasteiger partial charge < -0.3 is 15.1 Å². The van der Waals surface area contributed by atoms with E-state index in [1.165, 1.54) is 37.4 Å². The summed E-state index contributed by atoms with van der Waals surface area (Å²) in [5.74, 6) is 1.93. The molecule has 4 heterocycles. The van der Waals surface area contributed by atoms with Gasteiger partial charge in [0.1, 0.15) is 0 Å². The van der Waals surface area contributed by atoms with E-state index < -0.39 is 0 Å². The van der Waals surface area contributed by atoms with E-state index in [0.717, 1.165) is 56.9 Å². The van der Waals surface area contributed by atoms with Crippen LogP contribution in [0.1, 0.15) is 19.3 Å². The van der Waals surface area contributed by atoms with Gasteiger partial charge in [0.15, 0.2) is 0 Å². The molecule has 0 aromatic heterocycles.